The van der Waals surface area contributed by atoms with Crippen molar-refractivity contribution in [2.75, 3.05) is 19.6 Å². The minimum Gasteiger partial charge on any atom is -0.313 e. The number of aryl methyl sites for hydroxylation is 1. The van der Waals surface area contributed by atoms with Gasteiger partial charge >= 0.3 is 0 Å². The monoisotopic (exact) mass is 313 g/mol. The highest BCUT2D eigenvalue weighted by Crippen LogP contribution is 2.31. The van der Waals surface area contributed by atoms with Crippen LogP contribution in [0.4, 0.5) is 5.69 Å². The van der Waals surface area contributed by atoms with E-state index in [1.807, 2.05) is 6.92 Å². The Hall–Kier alpha value is -1.51. The number of hydrogen-bond acceptors (Lipinski definition) is 5. The number of sulfonamides is 1. The van der Waals surface area contributed by atoms with Crippen LogP contribution < -0.4 is 5.32 Å². The van der Waals surface area contributed by atoms with Gasteiger partial charge in [0.2, 0.25) is 0 Å². The third-order valence-electron chi connectivity index (χ3n) is 3.57. The van der Waals surface area contributed by atoms with Crippen molar-refractivity contribution in [3.8, 4) is 0 Å². The summed E-state index contributed by atoms with van der Waals surface area (Å²) in [4.78, 5) is 10.3. The van der Waals surface area contributed by atoms with E-state index in [4.69, 9.17) is 0 Å². The van der Waals surface area contributed by atoms with Gasteiger partial charge in [0, 0.05) is 25.7 Å². The molecule has 0 saturated carbocycles. The average molecular weight is 313 g/mol. The molecule has 1 aromatic carbocycles. The van der Waals surface area contributed by atoms with Crippen molar-refractivity contribution in [1.29, 1.82) is 0 Å². The predicted octanol–water partition coefficient (Wildman–Crippen LogP) is 1.28. The minimum atomic E-state index is -3.88. The summed E-state index contributed by atoms with van der Waals surface area (Å²) in [6, 6.07) is 4.20. The van der Waals surface area contributed by atoms with Crippen LogP contribution >= 0.6 is 0 Å². The van der Waals surface area contributed by atoms with Crippen molar-refractivity contribution in [1.82, 2.24) is 9.62 Å². The molecule has 1 saturated heterocycles. The zero-order valence-electron chi connectivity index (χ0n) is 12.1. The quantitative estimate of drug-likeness (QED) is 0.631. The van der Waals surface area contributed by atoms with Gasteiger partial charge in [-0.2, -0.15) is 4.31 Å². The number of rotatable bonds is 6. The van der Waals surface area contributed by atoms with Gasteiger partial charge < -0.3 is 5.32 Å². The Morgan fingerprint density at radius 3 is 2.57 bits per heavy atom. The Morgan fingerprint density at radius 2 is 2.10 bits per heavy atom. The maximum absolute atomic E-state index is 12.9. The number of nitrogens with zero attached hydrogens (tertiary/aromatic N) is 2. The second-order valence-corrected chi connectivity index (χ2v) is 6.94. The van der Waals surface area contributed by atoms with E-state index in [-0.39, 0.29) is 16.6 Å². The van der Waals surface area contributed by atoms with Gasteiger partial charge in [-0.15, -0.1) is 0 Å². The summed E-state index contributed by atoms with van der Waals surface area (Å²) >= 11 is 0. The lowest BCUT2D eigenvalue weighted by Crippen LogP contribution is -2.58. The molecule has 1 N–H and O–H groups in total. The number of benzene rings is 1. The van der Waals surface area contributed by atoms with E-state index < -0.39 is 14.9 Å². The molecule has 0 spiro atoms. The van der Waals surface area contributed by atoms with Crippen LogP contribution in [0.5, 0.6) is 0 Å². The molecule has 1 aliphatic rings. The second-order valence-electron chi connectivity index (χ2n) is 5.11. The number of nitro benzene ring substituents is 1. The van der Waals surface area contributed by atoms with Crippen LogP contribution in [0.3, 0.4) is 0 Å². The molecule has 0 unspecified atom stereocenters. The van der Waals surface area contributed by atoms with Crippen LogP contribution in [0.1, 0.15) is 18.9 Å². The summed E-state index contributed by atoms with van der Waals surface area (Å²) in [5.41, 5.74) is 0.0426. The van der Waals surface area contributed by atoms with Gasteiger partial charge in [0.15, 0.2) is 4.90 Å². The van der Waals surface area contributed by atoms with Crippen LogP contribution in [0.2, 0.25) is 0 Å². The van der Waals surface area contributed by atoms with Gasteiger partial charge in [0.05, 0.1) is 11.0 Å². The fourth-order valence-electron chi connectivity index (χ4n) is 2.43. The molecule has 0 aliphatic carbocycles. The molecule has 0 aromatic heterocycles. The first kappa shape index (κ1) is 15.9. The van der Waals surface area contributed by atoms with Crippen molar-refractivity contribution in [2.45, 2.75) is 31.2 Å². The molecule has 1 heterocycles. The van der Waals surface area contributed by atoms with Crippen molar-refractivity contribution >= 4 is 15.7 Å². The summed E-state index contributed by atoms with van der Waals surface area (Å²) < 4.78 is 27.2. The fourth-order valence-corrected chi connectivity index (χ4v) is 4.51. The Balaban J connectivity index is 2.54. The van der Waals surface area contributed by atoms with Gasteiger partial charge in [0.1, 0.15) is 0 Å². The molecule has 0 bridgehead atoms. The third-order valence-corrected chi connectivity index (χ3v) is 5.71. The largest absolute Gasteiger partial charge is 0.313 e. The second kappa shape index (κ2) is 6.08. The highest BCUT2D eigenvalue weighted by Gasteiger charge is 2.38. The van der Waals surface area contributed by atoms with Crippen LogP contribution in [-0.2, 0) is 10.0 Å². The van der Waals surface area contributed by atoms with E-state index in [0.29, 0.717) is 31.6 Å². The van der Waals surface area contributed by atoms with Crippen molar-refractivity contribution in [3.05, 3.63) is 33.9 Å². The first-order chi connectivity index (χ1) is 9.89. The van der Waals surface area contributed by atoms with E-state index in [2.05, 4.69) is 5.32 Å². The minimum absolute atomic E-state index is 0.130. The van der Waals surface area contributed by atoms with E-state index in [0.717, 1.165) is 0 Å². The zero-order valence-corrected chi connectivity index (χ0v) is 12.9. The SMILES string of the molecule is CCCN(C1CNC1)S(=O)(=O)c1c(C)cccc1[N+](=O)[O-]. The van der Waals surface area contributed by atoms with Gasteiger partial charge in [-0.3, -0.25) is 10.1 Å². The molecule has 2 rings (SSSR count). The van der Waals surface area contributed by atoms with Crippen molar-refractivity contribution in [3.63, 3.8) is 0 Å². The molecular weight excluding hydrogens is 294 g/mol. The lowest BCUT2D eigenvalue weighted by Gasteiger charge is -2.37. The average Bonchev–Trinajstić information content (AvgIpc) is 2.35. The maximum atomic E-state index is 12.9. The molecule has 1 aromatic rings. The maximum Gasteiger partial charge on any atom is 0.289 e. The highest BCUT2D eigenvalue weighted by atomic mass is 32.2. The van der Waals surface area contributed by atoms with E-state index in [1.165, 1.54) is 16.4 Å². The number of nitrogens with one attached hydrogen (secondary N) is 1. The molecular formula is C13H19N3O4S. The standard InChI is InChI=1S/C13H19N3O4S/c1-3-7-15(11-8-14-9-11)21(19,20)13-10(2)5-4-6-12(13)16(17)18/h4-6,11,14H,3,7-9H2,1-2H3. The summed E-state index contributed by atoms with van der Waals surface area (Å²) in [7, 11) is -3.88. The topological polar surface area (TPSA) is 92.6 Å². The Kier molecular flexibility index (Phi) is 4.60. The van der Waals surface area contributed by atoms with Gasteiger partial charge in [-0.1, -0.05) is 19.1 Å². The molecule has 1 aliphatic heterocycles. The summed E-state index contributed by atoms with van der Waals surface area (Å²) in [5.74, 6) is 0. The molecule has 0 radical (unpaired) electrons. The molecule has 7 nitrogen and oxygen atoms in total. The van der Waals surface area contributed by atoms with Crippen LogP contribution in [-0.4, -0.2) is 43.3 Å². The molecule has 0 amide bonds. The van der Waals surface area contributed by atoms with Gasteiger partial charge in [-0.05, 0) is 18.9 Å². The molecule has 21 heavy (non-hydrogen) atoms. The normalized spacial score (nSPS) is 16.0. The molecule has 0 atom stereocenters. The highest BCUT2D eigenvalue weighted by molar-refractivity contribution is 7.89. The fraction of sp³-hybridized carbons (Fsp3) is 0.538. The van der Waals surface area contributed by atoms with Crippen molar-refractivity contribution in [2.24, 2.45) is 0 Å². The molecule has 116 valence electrons. The Bertz CT molecular complexity index is 641. The Morgan fingerprint density at radius 1 is 1.43 bits per heavy atom. The van der Waals surface area contributed by atoms with Gasteiger partial charge in [0.25, 0.3) is 15.7 Å². The molecule has 1 fully saturated rings. The van der Waals surface area contributed by atoms with Crippen LogP contribution in [0.15, 0.2) is 23.1 Å². The van der Waals surface area contributed by atoms with Crippen LogP contribution in [0.25, 0.3) is 0 Å². The van der Waals surface area contributed by atoms with E-state index in [9.17, 15) is 18.5 Å². The molecule has 8 heteroatoms. The summed E-state index contributed by atoms with van der Waals surface area (Å²) in [5, 5.41) is 14.2. The van der Waals surface area contributed by atoms with E-state index >= 15 is 0 Å². The van der Waals surface area contributed by atoms with E-state index in [1.54, 1.807) is 13.0 Å². The first-order valence-electron chi connectivity index (χ1n) is 6.86. The first-order valence-corrected chi connectivity index (χ1v) is 8.30. The van der Waals surface area contributed by atoms with Crippen LogP contribution in [0, 0.1) is 17.0 Å². The van der Waals surface area contributed by atoms with Crippen molar-refractivity contribution < 1.29 is 13.3 Å². The lowest BCUT2D eigenvalue weighted by atomic mass is 10.2. The van der Waals surface area contributed by atoms with Gasteiger partial charge in [-0.25, -0.2) is 8.42 Å². The third kappa shape index (κ3) is 2.92. The number of nitro groups is 1. The summed E-state index contributed by atoms with van der Waals surface area (Å²) in [6.45, 7) is 5.00. The Labute approximate surface area is 124 Å². The lowest BCUT2D eigenvalue weighted by molar-refractivity contribution is -0.387. The smallest absolute Gasteiger partial charge is 0.289 e. The zero-order chi connectivity index (χ0) is 15.6. The summed E-state index contributed by atoms with van der Waals surface area (Å²) in [6.07, 6.45) is 0.662. The predicted molar refractivity (Wildman–Crippen MR) is 78.7 cm³/mol. The number of hydrogen-bond donors (Lipinski definition) is 1.